The molecule has 2 heterocycles. The molecule has 0 saturated heterocycles. The molecule has 10 nitrogen and oxygen atoms in total. The molecule has 166 valence electrons. The lowest BCUT2D eigenvalue weighted by Gasteiger charge is -2.11. The number of hydrogen-bond donors (Lipinski definition) is 3. The summed E-state index contributed by atoms with van der Waals surface area (Å²) in [7, 11) is -0.319. The molecule has 0 spiro atoms. The van der Waals surface area contributed by atoms with Crippen LogP contribution in [0.1, 0.15) is 17.1 Å². The third-order valence-corrected chi connectivity index (χ3v) is 6.34. The molecule has 0 atom stereocenters. The van der Waals surface area contributed by atoms with Gasteiger partial charge in [0.15, 0.2) is 0 Å². The Bertz CT molecular complexity index is 1160. The number of aromatic nitrogens is 4. The quantitative estimate of drug-likeness (QED) is 0.429. The average molecular weight is 446 g/mol. The number of aryl methyl sites for hydroxylation is 3. The second kappa shape index (κ2) is 9.31. The molecule has 0 unspecified atom stereocenters. The summed E-state index contributed by atoms with van der Waals surface area (Å²) >= 11 is 0. The van der Waals surface area contributed by atoms with Crippen LogP contribution >= 0.6 is 0 Å². The zero-order chi connectivity index (χ0) is 22.6. The van der Waals surface area contributed by atoms with Crippen molar-refractivity contribution >= 4 is 27.5 Å². The minimum atomic E-state index is -3.65. The first-order valence-corrected chi connectivity index (χ1v) is 11.2. The number of anilines is 3. The molecule has 11 heteroatoms. The first kappa shape index (κ1) is 22.5. The number of ether oxygens (including phenoxy) is 1. The van der Waals surface area contributed by atoms with E-state index < -0.39 is 10.0 Å². The summed E-state index contributed by atoms with van der Waals surface area (Å²) < 4.78 is 34.5. The minimum absolute atomic E-state index is 0.175. The molecule has 2 aromatic heterocycles. The fourth-order valence-corrected chi connectivity index (χ4v) is 4.57. The number of nitrogens with one attached hydrogen (secondary N) is 3. The molecule has 0 aliphatic heterocycles. The lowest BCUT2D eigenvalue weighted by Crippen LogP contribution is -2.30. The van der Waals surface area contributed by atoms with Crippen LogP contribution in [-0.2, 0) is 17.1 Å². The van der Waals surface area contributed by atoms with E-state index in [0.717, 1.165) is 17.1 Å². The zero-order valence-electron chi connectivity index (χ0n) is 18.2. The molecule has 3 rings (SSSR count). The van der Waals surface area contributed by atoms with Gasteiger partial charge < -0.3 is 15.4 Å². The topological polar surface area (TPSA) is 123 Å². The van der Waals surface area contributed by atoms with Gasteiger partial charge in [-0.2, -0.15) is 10.1 Å². The van der Waals surface area contributed by atoms with Crippen molar-refractivity contribution in [2.45, 2.75) is 25.7 Å². The molecule has 3 N–H and O–H groups in total. The Labute approximate surface area is 182 Å². The summed E-state index contributed by atoms with van der Waals surface area (Å²) in [6.07, 6.45) is 0. The standard InChI is InChI=1S/C20H27N7O3S/c1-13-12-18(24-16-6-8-17(30-5)9-7-16)25-20(23-13)21-10-11-22-31(28,29)19-14(2)26-27(4)15(19)3/h6-9,12,22H,10-11H2,1-5H3,(H2,21,23,24,25). The normalized spacial score (nSPS) is 11.4. The number of methoxy groups -OCH3 is 1. The van der Waals surface area contributed by atoms with E-state index in [1.807, 2.05) is 37.3 Å². The number of hydrogen-bond acceptors (Lipinski definition) is 8. The van der Waals surface area contributed by atoms with Gasteiger partial charge in [-0.25, -0.2) is 18.1 Å². The van der Waals surface area contributed by atoms with Gasteiger partial charge in [0, 0.05) is 37.6 Å². The van der Waals surface area contributed by atoms with Crippen molar-refractivity contribution in [3.63, 3.8) is 0 Å². The van der Waals surface area contributed by atoms with Crippen molar-refractivity contribution < 1.29 is 13.2 Å². The SMILES string of the molecule is COc1ccc(Nc2cc(C)nc(NCCNS(=O)(=O)c3c(C)nn(C)c3C)n2)cc1. The Morgan fingerprint density at radius 1 is 1.06 bits per heavy atom. The number of benzene rings is 1. The molecule has 31 heavy (non-hydrogen) atoms. The van der Waals surface area contributed by atoms with E-state index in [1.54, 1.807) is 32.7 Å². The summed E-state index contributed by atoms with van der Waals surface area (Å²) in [6.45, 7) is 5.77. The maximum absolute atomic E-state index is 12.6. The van der Waals surface area contributed by atoms with Crippen LogP contribution in [0.5, 0.6) is 5.75 Å². The molecule has 0 radical (unpaired) electrons. The largest absolute Gasteiger partial charge is 0.497 e. The Balaban J connectivity index is 1.60. The average Bonchev–Trinajstić information content (AvgIpc) is 2.97. The van der Waals surface area contributed by atoms with Crippen LogP contribution in [0, 0.1) is 20.8 Å². The first-order valence-electron chi connectivity index (χ1n) is 9.70. The van der Waals surface area contributed by atoms with Crippen molar-refractivity contribution in [3.8, 4) is 5.75 Å². The molecule has 0 aliphatic rings. The minimum Gasteiger partial charge on any atom is -0.497 e. The second-order valence-corrected chi connectivity index (χ2v) is 8.72. The number of nitrogens with zero attached hydrogens (tertiary/aromatic N) is 4. The Morgan fingerprint density at radius 3 is 2.39 bits per heavy atom. The molecule has 0 fully saturated rings. The van der Waals surface area contributed by atoms with Gasteiger partial charge in [0.1, 0.15) is 16.5 Å². The molecular formula is C20H27N7O3S. The van der Waals surface area contributed by atoms with Crippen LogP contribution in [0.15, 0.2) is 35.2 Å². The van der Waals surface area contributed by atoms with Crippen LogP contribution in [0.3, 0.4) is 0 Å². The monoisotopic (exact) mass is 445 g/mol. The van der Waals surface area contributed by atoms with Crippen molar-refractivity contribution in [1.29, 1.82) is 0 Å². The van der Waals surface area contributed by atoms with Crippen LogP contribution in [0.2, 0.25) is 0 Å². The molecule has 0 amide bonds. The predicted molar refractivity (Wildman–Crippen MR) is 119 cm³/mol. The van der Waals surface area contributed by atoms with E-state index >= 15 is 0 Å². The molecular weight excluding hydrogens is 418 g/mol. The highest BCUT2D eigenvalue weighted by Crippen LogP contribution is 2.20. The van der Waals surface area contributed by atoms with Crippen LogP contribution < -0.4 is 20.1 Å². The van der Waals surface area contributed by atoms with E-state index in [-0.39, 0.29) is 11.4 Å². The van der Waals surface area contributed by atoms with E-state index in [9.17, 15) is 8.42 Å². The molecule has 0 aliphatic carbocycles. The van der Waals surface area contributed by atoms with Crippen molar-refractivity contribution in [3.05, 3.63) is 47.4 Å². The Morgan fingerprint density at radius 2 is 1.77 bits per heavy atom. The number of sulfonamides is 1. The maximum atomic E-state index is 12.6. The predicted octanol–water partition coefficient (Wildman–Crippen LogP) is 2.28. The fraction of sp³-hybridized carbons (Fsp3) is 0.350. The van der Waals surface area contributed by atoms with Gasteiger partial charge in [-0.05, 0) is 45.0 Å². The second-order valence-electron chi connectivity index (χ2n) is 7.02. The Hall–Kier alpha value is -3.18. The van der Waals surface area contributed by atoms with Gasteiger partial charge in [0.05, 0.1) is 18.5 Å². The van der Waals surface area contributed by atoms with Crippen LogP contribution in [-0.4, -0.2) is 48.4 Å². The molecule has 3 aromatic rings. The van der Waals surface area contributed by atoms with Crippen LogP contribution in [0.25, 0.3) is 0 Å². The van der Waals surface area contributed by atoms with Gasteiger partial charge in [-0.1, -0.05) is 0 Å². The maximum Gasteiger partial charge on any atom is 0.244 e. The van der Waals surface area contributed by atoms with Gasteiger partial charge in [0.2, 0.25) is 16.0 Å². The lowest BCUT2D eigenvalue weighted by atomic mass is 10.3. The lowest BCUT2D eigenvalue weighted by molar-refractivity contribution is 0.415. The van der Waals surface area contributed by atoms with E-state index in [4.69, 9.17) is 4.74 Å². The third-order valence-electron chi connectivity index (χ3n) is 4.63. The van der Waals surface area contributed by atoms with Gasteiger partial charge in [-0.3, -0.25) is 4.68 Å². The van der Waals surface area contributed by atoms with Gasteiger partial charge >= 0.3 is 0 Å². The van der Waals surface area contributed by atoms with Crippen LogP contribution in [0.4, 0.5) is 17.5 Å². The van der Waals surface area contributed by atoms with E-state index in [1.165, 1.54) is 0 Å². The van der Waals surface area contributed by atoms with Crippen molar-refractivity contribution in [1.82, 2.24) is 24.5 Å². The first-order chi connectivity index (χ1) is 14.7. The molecule has 0 bridgehead atoms. The van der Waals surface area contributed by atoms with Crippen molar-refractivity contribution in [2.75, 3.05) is 30.8 Å². The summed E-state index contributed by atoms with van der Waals surface area (Å²) in [5.74, 6) is 1.80. The summed E-state index contributed by atoms with van der Waals surface area (Å²) in [5.41, 5.74) is 2.70. The van der Waals surface area contributed by atoms with E-state index in [0.29, 0.717) is 29.7 Å². The van der Waals surface area contributed by atoms with Crippen molar-refractivity contribution in [2.24, 2.45) is 7.05 Å². The summed E-state index contributed by atoms with van der Waals surface area (Å²) in [5, 5.41) is 10.4. The number of rotatable bonds is 9. The smallest absolute Gasteiger partial charge is 0.244 e. The highest BCUT2D eigenvalue weighted by atomic mass is 32.2. The Kier molecular flexibility index (Phi) is 6.76. The summed E-state index contributed by atoms with van der Waals surface area (Å²) in [6, 6.07) is 9.31. The molecule has 1 aromatic carbocycles. The van der Waals surface area contributed by atoms with Gasteiger partial charge in [0.25, 0.3) is 0 Å². The fourth-order valence-electron chi connectivity index (χ4n) is 3.11. The highest BCUT2D eigenvalue weighted by molar-refractivity contribution is 7.89. The highest BCUT2D eigenvalue weighted by Gasteiger charge is 2.23. The van der Waals surface area contributed by atoms with Gasteiger partial charge in [-0.15, -0.1) is 0 Å². The summed E-state index contributed by atoms with van der Waals surface area (Å²) in [4.78, 5) is 9.01. The zero-order valence-corrected chi connectivity index (χ0v) is 19.0. The molecule has 0 saturated carbocycles. The van der Waals surface area contributed by atoms with E-state index in [2.05, 4.69) is 30.4 Å². The third kappa shape index (κ3) is 5.50.